The summed E-state index contributed by atoms with van der Waals surface area (Å²) >= 11 is 3.37. The van der Waals surface area contributed by atoms with E-state index in [0.29, 0.717) is 0 Å². The van der Waals surface area contributed by atoms with Gasteiger partial charge in [0.05, 0.1) is 12.1 Å². The fourth-order valence-corrected chi connectivity index (χ4v) is 1.55. The highest BCUT2D eigenvalue weighted by atomic mass is 79.9. The minimum atomic E-state index is -0.524. The molecule has 0 aliphatic carbocycles. The van der Waals surface area contributed by atoms with Crippen molar-refractivity contribution in [2.75, 3.05) is 0 Å². The number of nitrogens with two attached hydrogens (primary N) is 1. The second-order valence-corrected chi connectivity index (χ2v) is 3.64. The zero-order valence-electron chi connectivity index (χ0n) is 6.87. The molecule has 0 fully saturated rings. The predicted octanol–water partition coefficient (Wildman–Crippen LogP) is 1.83. The van der Waals surface area contributed by atoms with E-state index in [-0.39, 0.29) is 6.04 Å². The molecule has 0 bridgehead atoms. The van der Waals surface area contributed by atoms with E-state index in [4.69, 9.17) is 5.73 Å². The minimum absolute atomic E-state index is 0.319. The Morgan fingerprint density at radius 3 is 2.50 bits per heavy atom. The first-order chi connectivity index (χ1) is 5.63. The number of halogens is 1. The van der Waals surface area contributed by atoms with Gasteiger partial charge in [-0.25, -0.2) is 0 Å². The molecule has 0 heterocycles. The van der Waals surface area contributed by atoms with Crippen LogP contribution in [0.3, 0.4) is 0 Å². The summed E-state index contributed by atoms with van der Waals surface area (Å²) in [5.41, 5.74) is 6.70. The van der Waals surface area contributed by atoms with Gasteiger partial charge in [0.1, 0.15) is 0 Å². The van der Waals surface area contributed by atoms with Crippen molar-refractivity contribution >= 4 is 15.9 Å². The van der Waals surface area contributed by atoms with Crippen LogP contribution in [0.25, 0.3) is 0 Å². The molecule has 1 aromatic rings. The Balaban J connectivity index is 2.94. The van der Waals surface area contributed by atoms with Crippen molar-refractivity contribution in [2.24, 2.45) is 5.73 Å². The standard InChI is InChI=1S/C9H12BrNO/c1-6(12)9(11)7-4-2-3-5-8(7)10/h2-6,9,12H,11H2,1H3/t6-,9-/m0/s1. The number of rotatable bonds is 2. The van der Waals surface area contributed by atoms with Gasteiger partial charge in [-0.3, -0.25) is 0 Å². The monoisotopic (exact) mass is 229 g/mol. The summed E-state index contributed by atoms with van der Waals surface area (Å²) in [6, 6.07) is 7.32. The Kier molecular flexibility index (Phi) is 3.26. The van der Waals surface area contributed by atoms with Crippen LogP contribution in [-0.2, 0) is 0 Å². The van der Waals surface area contributed by atoms with Crippen LogP contribution < -0.4 is 5.73 Å². The lowest BCUT2D eigenvalue weighted by atomic mass is 10.0. The predicted molar refractivity (Wildman–Crippen MR) is 52.8 cm³/mol. The first-order valence-electron chi connectivity index (χ1n) is 3.81. The van der Waals surface area contributed by atoms with Crippen LogP contribution >= 0.6 is 15.9 Å². The highest BCUT2D eigenvalue weighted by molar-refractivity contribution is 9.10. The number of aliphatic hydroxyl groups excluding tert-OH is 1. The van der Waals surface area contributed by atoms with Crippen LogP contribution in [0.5, 0.6) is 0 Å². The van der Waals surface area contributed by atoms with Gasteiger partial charge in [-0.2, -0.15) is 0 Å². The number of hydrogen-bond donors (Lipinski definition) is 2. The van der Waals surface area contributed by atoms with E-state index < -0.39 is 6.10 Å². The van der Waals surface area contributed by atoms with Crippen LogP contribution in [0, 0.1) is 0 Å². The van der Waals surface area contributed by atoms with Gasteiger partial charge < -0.3 is 10.8 Å². The smallest absolute Gasteiger partial charge is 0.0705 e. The van der Waals surface area contributed by atoms with Crippen molar-refractivity contribution in [1.82, 2.24) is 0 Å². The fraction of sp³-hybridized carbons (Fsp3) is 0.333. The Hall–Kier alpha value is -0.380. The minimum Gasteiger partial charge on any atom is -0.391 e. The first-order valence-corrected chi connectivity index (χ1v) is 4.60. The lowest BCUT2D eigenvalue weighted by Crippen LogP contribution is -2.23. The summed E-state index contributed by atoms with van der Waals surface area (Å²) in [6.07, 6.45) is -0.524. The Bertz CT molecular complexity index is 262. The highest BCUT2D eigenvalue weighted by Gasteiger charge is 2.13. The summed E-state index contributed by atoms with van der Waals surface area (Å²) in [6.45, 7) is 1.68. The molecule has 0 aliphatic heterocycles. The van der Waals surface area contributed by atoms with Crippen molar-refractivity contribution in [3.8, 4) is 0 Å². The largest absolute Gasteiger partial charge is 0.391 e. The molecule has 0 aromatic heterocycles. The van der Waals surface area contributed by atoms with Crippen LogP contribution in [0.1, 0.15) is 18.5 Å². The summed E-state index contributed by atoms with van der Waals surface area (Å²) in [4.78, 5) is 0. The SMILES string of the molecule is C[C@H](O)[C@H](N)c1ccccc1Br. The van der Waals surface area contributed by atoms with E-state index in [1.165, 1.54) is 0 Å². The van der Waals surface area contributed by atoms with E-state index in [9.17, 15) is 5.11 Å². The quantitative estimate of drug-likeness (QED) is 0.814. The second-order valence-electron chi connectivity index (χ2n) is 2.79. The topological polar surface area (TPSA) is 46.2 Å². The third-order valence-electron chi connectivity index (χ3n) is 1.78. The van der Waals surface area contributed by atoms with E-state index in [1.807, 2.05) is 24.3 Å². The van der Waals surface area contributed by atoms with Crippen molar-refractivity contribution in [3.05, 3.63) is 34.3 Å². The molecule has 12 heavy (non-hydrogen) atoms. The maximum Gasteiger partial charge on any atom is 0.0705 e. The van der Waals surface area contributed by atoms with E-state index >= 15 is 0 Å². The average molecular weight is 230 g/mol. The van der Waals surface area contributed by atoms with Crippen LogP contribution in [0.4, 0.5) is 0 Å². The molecule has 0 amide bonds. The number of aliphatic hydroxyl groups is 1. The van der Waals surface area contributed by atoms with Gasteiger partial charge in [-0.1, -0.05) is 34.1 Å². The van der Waals surface area contributed by atoms with Gasteiger partial charge in [0.15, 0.2) is 0 Å². The van der Waals surface area contributed by atoms with Crippen molar-refractivity contribution in [1.29, 1.82) is 0 Å². The molecular formula is C9H12BrNO. The van der Waals surface area contributed by atoms with E-state index in [2.05, 4.69) is 15.9 Å². The van der Waals surface area contributed by atoms with Crippen molar-refractivity contribution in [3.63, 3.8) is 0 Å². The molecule has 0 saturated heterocycles. The Morgan fingerprint density at radius 2 is 2.00 bits per heavy atom. The van der Waals surface area contributed by atoms with Gasteiger partial charge in [0, 0.05) is 4.47 Å². The molecule has 0 aliphatic rings. The van der Waals surface area contributed by atoms with Crippen LogP contribution in [-0.4, -0.2) is 11.2 Å². The molecular weight excluding hydrogens is 218 g/mol. The molecule has 0 radical (unpaired) electrons. The third kappa shape index (κ3) is 2.06. The maximum absolute atomic E-state index is 9.25. The fourth-order valence-electron chi connectivity index (χ4n) is 1.01. The molecule has 1 rings (SSSR count). The van der Waals surface area contributed by atoms with Crippen LogP contribution in [0.15, 0.2) is 28.7 Å². The Morgan fingerprint density at radius 1 is 1.42 bits per heavy atom. The van der Waals surface area contributed by atoms with Gasteiger partial charge >= 0.3 is 0 Å². The average Bonchev–Trinajstić information content (AvgIpc) is 2.04. The van der Waals surface area contributed by atoms with Crippen LogP contribution in [0.2, 0.25) is 0 Å². The molecule has 2 nitrogen and oxygen atoms in total. The zero-order chi connectivity index (χ0) is 9.14. The van der Waals surface area contributed by atoms with Crippen molar-refractivity contribution in [2.45, 2.75) is 19.1 Å². The number of hydrogen-bond acceptors (Lipinski definition) is 2. The van der Waals surface area contributed by atoms with E-state index in [1.54, 1.807) is 6.92 Å². The van der Waals surface area contributed by atoms with E-state index in [0.717, 1.165) is 10.0 Å². The summed E-state index contributed by atoms with van der Waals surface area (Å²) in [5.74, 6) is 0. The normalized spacial score (nSPS) is 15.7. The first kappa shape index (κ1) is 9.71. The van der Waals surface area contributed by atoms with Gasteiger partial charge in [-0.05, 0) is 18.6 Å². The Labute approximate surface area is 80.5 Å². The summed E-state index contributed by atoms with van der Waals surface area (Å²) in [7, 11) is 0. The zero-order valence-corrected chi connectivity index (χ0v) is 8.45. The molecule has 66 valence electrons. The molecule has 0 spiro atoms. The van der Waals surface area contributed by atoms with Crippen molar-refractivity contribution < 1.29 is 5.11 Å². The van der Waals surface area contributed by atoms with Gasteiger partial charge in [0.2, 0.25) is 0 Å². The van der Waals surface area contributed by atoms with Gasteiger partial charge in [0.25, 0.3) is 0 Å². The molecule has 1 aromatic carbocycles. The highest BCUT2D eigenvalue weighted by Crippen LogP contribution is 2.23. The second kappa shape index (κ2) is 4.03. The molecule has 3 heteroatoms. The summed E-state index contributed by atoms with van der Waals surface area (Å²) in [5, 5.41) is 9.25. The summed E-state index contributed by atoms with van der Waals surface area (Å²) < 4.78 is 0.943. The van der Waals surface area contributed by atoms with Gasteiger partial charge in [-0.15, -0.1) is 0 Å². The number of benzene rings is 1. The molecule has 3 N–H and O–H groups in total. The third-order valence-corrected chi connectivity index (χ3v) is 2.51. The molecule has 0 unspecified atom stereocenters. The lowest BCUT2D eigenvalue weighted by Gasteiger charge is -2.16. The lowest BCUT2D eigenvalue weighted by molar-refractivity contribution is 0.164. The molecule has 2 atom stereocenters. The maximum atomic E-state index is 9.25. The molecule has 0 saturated carbocycles.